The summed E-state index contributed by atoms with van der Waals surface area (Å²) < 4.78 is 2.94. The molecule has 0 aliphatic carbocycles. The molecule has 1 unspecified atom stereocenters. The predicted octanol–water partition coefficient (Wildman–Crippen LogP) is 4.08. The first-order chi connectivity index (χ1) is 9.60. The van der Waals surface area contributed by atoms with Crippen LogP contribution in [-0.2, 0) is 13.0 Å². The first kappa shape index (κ1) is 15.3. The van der Waals surface area contributed by atoms with Crippen LogP contribution < -0.4 is 5.32 Å². The molecule has 2 aromatic heterocycles. The SMILES string of the molecule is CCCn1cc(Br)cc1C(=O)NC(C)Cc1cccs1. The highest BCUT2D eigenvalue weighted by atomic mass is 79.9. The minimum atomic E-state index is -0.00629. The van der Waals surface area contributed by atoms with Gasteiger partial charge in [0.15, 0.2) is 0 Å². The number of hydrogen-bond acceptors (Lipinski definition) is 2. The van der Waals surface area contributed by atoms with Crippen LogP contribution in [0.4, 0.5) is 0 Å². The van der Waals surface area contributed by atoms with Crippen LogP contribution in [0.3, 0.4) is 0 Å². The fourth-order valence-corrected chi connectivity index (χ4v) is 3.47. The van der Waals surface area contributed by atoms with Crippen molar-refractivity contribution in [3.8, 4) is 0 Å². The van der Waals surface area contributed by atoms with Gasteiger partial charge in [0, 0.05) is 34.6 Å². The number of carbonyl (C=O) groups is 1. The summed E-state index contributed by atoms with van der Waals surface area (Å²) in [5.74, 6) is -0.00629. The summed E-state index contributed by atoms with van der Waals surface area (Å²) in [4.78, 5) is 13.6. The number of halogens is 1. The maximum absolute atomic E-state index is 12.3. The van der Waals surface area contributed by atoms with Crippen LogP contribution >= 0.6 is 27.3 Å². The Kier molecular flexibility index (Phi) is 5.43. The molecule has 2 heterocycles. The predicted molar refractivity (Wildman–Crippen MR) is 87.4 cm³/mol. The molecule has 0 saturated carbocycles. The van der Waals surface area contributed by atoms with E-state index in [9.17, 15) is 4.79 Å². The van der Waals surface area contributed by atoms with E-state index in [2.05, 4.69) is 39.6 Å². The zero-order valence-corrected chi connectivity index (χ0v) is 14.1. The molecule has 0 spiro atoms. The maximum Gasteiger partial charge on any atom is 0.268 e. The summed E-state index contributed by atoms with van der Waals surface area (Å²) in [6.07, 6.45) is 3.84. The second kappa shape index (κ2) is 7.09. The number of nitrogens with one attached hydrogen (secondary N) is 1. The van der Waals surface area contributed by atoms with Crippen molar-refractivity contribution >= 4 is 33.2 Å². The average molecular weight is 355 g/mol. The third-order valence-corrected chi connectivity index (χ3v) is 4.36. The van der Waals surface area contributed by atoms with Gasteiger partial charge in [-0.05, 0) is 46.8 Å². The molecular formula is C15H19BrN2OS. The molecule has 1 atom stereocenters. The van der Waals surface area contributed by atoms with Crippen LogP contribution in [-0.4, -0.2) is 16.5 Å². The summed E-state index contributed by atoms with van der Waals surface area (Å²) in [5.41, 5.74) is 0.719. The lowest BCUT2D eigenvalue weighted by Crippen LogP contribution is -2.35. The van der Waals surface area contributed by atoms with E-state index in [1.165, 1.54) is 4.88 Å². The van der Waals surface area contributed by atoms with Crippen LogP contribution in [0.15, 0.2) is 34.2 Å². The molecule has 5 heteroatoms. The summed E-state index contributed by atoms with van der Waals surface area (Å²) in [5, 5.41) is 5.14. The van der Waals surface area contributed by atoms with Gasteiger partial charge in [0.2, 0.25) is 0 Å². The van der Waals surface area contributed by atoms with Crippen molar-refractivity contribution in [1.29, 1.82) is 0 Å². The van der Waals surface area contributed by atoms with Crippen molar-refractivity contribution in [3.63, 3.8) is 0 Å². The van der Waals surface area contributed by atoms with E-state index in [1.807, 2.05) is 29.8 Å². The Labute approximate surface area is 132 Å². The highest BCUT2D eigenvalue weighted by Crippen LogP contribution is 2.16. The van der Waals surface area contributed by atoms with E-state index in [4.69, 9.17) is 0 Å². The minimum absolute atomic E-state index is 0.00629. The van der Waals surface area contributed by atoms with Gasteiger partial charge in [0.05, 0.1) is 0 Å². The van der Waals surface area contributed by atoms with Gasteiger partial charge < -0.3 is 9.88 Å². The van der Waals surface area contributed by atoms with E-state index in [1.54, 1.807) is 11.3 Å². The van der Waals surface area contributed by atoms with Gasteiger partial charge in [-0.25, -0.2) is 0 Å². The zero-order chi connectivity index (χ0) is 14.5. The fourth-order valence-electron chi connectivity index (χ4n) is 2.17. The van der Waals surface area contributed by atoms with E-state index < -0.39 is 0 Å². The quantitative estimate of drug-likeness (QED) is 0.832. The van der Waals surface area contributed by atoms with Crippen LogP contribution in [0.25, 0.3) is 0 Å². The molecule has 20 heavy (non-hydrogen) atoms. The molecule has 2 rings (SSSR count). The number of amides is 1. The van der Waals surface area contributed by atoms with Crippen LogP contribution in [0.2, 0.25) is 0 Å². The lowest BCUT2D eigenvalue weighted by molar-refractivity contribution is 0.0930. The number of rotatable bonds is 6. The molecule has 0 aliphatic heterocycles. The van der Waals surface area contributed by atoms with E-state index in [0.717, 1.165) is 29.6 Å². The summed E-state index contributed by atoms with van der Waals surface area (Å²) >= 11 is 5.16. The average Bonchev–Trinajstić information content (AvgIpc) is 2.99. The first-order valence-corrected chi connectivity index (χ1v) is 8.46. The van der Waals surface area contributed by atoms with Crippen molar-refractivity contribution in [2.24, 2.45) is 0 Å². The van der Waals surface area contributed by atoms with Crippen molar-refractivity contribution in [2.45, 2.75) is 39.3 Å². The Hall–Kier alpha value is -1.07. The van der Waals surface area contributed by atoms with Gasteiger partial charge in [-0.1, -0.05) is 13.0 Å². The van der Waals surface area contributed by atoms with Gasteiger partial charge in [-0.2, -0.15) is 0 Å². The topological polar surface area (TPSA) is 34.0 Å². The molecule has 1 N–H and O–H groups in total. The van der Waals surface area contributed by atoms with Crippen molar-refractivity contribution < 1.29 is 4.79 Å². The van der Waals surface area contributed by atoms with Crippen molar-refractivity contribution in [3.05, 3.63) is 44.8 Å². The molecular weight excluding hydrogens is 336 g/mol. The molecule has 0 bridgehead atoms. The van der Waals surface area contributed by atoms with Crippen LogP contribution in [0, 0.1) is 0 Å². The Morgan fingerprint density at radius 3 is 3.00 bits per heavy atom. The van der Waals surface area contributed by atoms with E-state index in [0.29, 0.717) is 0 Å². The highest BCUT2D eigenvalue weighted by molar-refractivity contribution is 9.10. The highest BCUT2D eigenvalue weighted by Gasteiger charge is 2.15. The van der Waals surface area contributed by atoms with Crippen LogP contribution in [0.5, 0.6) is 0 Å². The van der Waals surface area contributed by atoms with Crippen LogP contribution in [0.1, 0.15) is 35.6 Å². The second-order valence-corrected chi connectivity index (χ2v) is 6.84. The van der Waals surface area contributed by atoms with Gasteiger partial charge in [-0.15, -0.1) is 11.3 Å². The second-order valence-electron chi connectivity index (χ2n) is 4.89. The van der Waals surface area contributed by atoms with Gasteiger partial charge >= 0.3 is 0 Å². The Morgan fingerprint density at radius 1 is 1.55 bits per heavy atom. The monoisotopic (exact) mass is 354 g/mol. The standard InChI is InChI=1S/C15H19BrN2OS/c1-3-6-18-10-12(16)9-14(18)15(19)17-11(2)8-13-5-4-7-20-13/h4-5,7,9-11H,3,6,8H2,1-2H3,(H,17,19). The molecule has 1 amide bonds. The fraction of sp³-hybridized carbons (Fsp3) is 0.400. The summed E-state index contributed by atoms with van der Waals surface area (Å²) in [7, 11) is 0. The summed E-state index contributed by atoms with van der Waals surface area (Å²) in [6.45, 7) is 5.00. The smallest absolute Gasteiger partial charge is 0.268 e. The van der Waals surface area contributed by atoms with Gasteiger partial charge in [0.1, 0.15) is 5.69 Å². The third-order valence-electron chi connectivity index (χ3n) is 3.03. The molecule has 3 nitrogen and oxygen atoms in total. The molecule has 108 valence electrons. The molecule has 2 aromatic rings. The van der Waals surface area contributed by atoms with Crippen molar-refractivity contribution in [2.75, 3.05) is 0 Å². The largest absolute Gasteiger partial charge is 0.348 e. The third kappa shape index (κ3) is 3.96. The Bertz CT molecular complexity index is 562. The molecule has 0 saturated heterocycles. The number of hydrogen-bond donors (Lipinski definition) is 1. The van der Waals surface area contributed by atoms with E-state index >= 15 is 0 Å². The van der Waals surface area contributed by atoms with E-state index in [-0.39, 0.29) is 11.9 Å². The minimum Gasteiger partial charge on any atom is -0.348 e. The molecule has 0 aliphatic rings. The number of carbonyl (C=O) groups excluding carboxylic acids is 1. The first-order valence-electron chi connectivity index (χ1n) is 6.79. The molecule has 0 radical (unpaired) electrons. The Balaban J connectivity index is 2.00. The molecule has 0 fully saturated rings. The maximum atomic E-state index is 12.3. The molecule has 0 aromatic carbocycles. The number of aryl methyl sites for hydroxylation is 1. The summed E-state index contributed by atoms with van der Waals surface area (Å²) in [6, 6.07) is 6.15. The number of thiophene rings is 1. The number of aromatic nitrogens is 1. The lowest BCUT2D eigenvalue weighted by atomic mass is 10.2. The Morgan fingerprint density at radius 2 is 2.35 bits per heavy atom. The number of nitrogens with zero attached hydrogens (tertiary/aromatic N) is 1. The van der Waals surface area contributed by atoms with Gasteiger partial charge in [-0.3, -0.25) is 4.79 Å². The van der Waals surface area contributed by atoms with Gasteiger partial charge in [0.25, 0.3) is 5.91 Å². The zero-order valence-electron chi connectivity index (χ0n) is 11.7. The van der Waals surface area contributed by atoms with Crippen molar-refractivity contribution in [1.82, 2.24) is 9.88 Å². The lowest BCUT2D eigenvalue weighted by Gasteiger charge is -2.14. The normalized spacial score (nSPS) is 12.3.